The van der Waals surface area contributed by atoms with Crippen LogP contribution in [-0.4, -0.2) is 18.9 Å². The van der Waals surface area contributed by atoms with Gasteiger partial charge in [-0.1, -0.05) is 30.3 Å². The second-order valence-corrected chi connectivity index (χ2v) is 5.74. The van der Waals surface area contributed by atoms with E-state index in [9.17, 15) is 4.79 Å². The van der Waals surface area contributed by atoms with Crippen molar-refractivity contribution in [3.63, 3.8) is 0 Å². The Morgan fingerprint density at radius 2 is 1.62 bits per heavy atom. The zero-order chi connectivity index (χ0) is 14.7. The summed E-state index contributed by atoms with van der Waals surface area (Å²) in [6.07, 6.45) is 3.87. The number of hydrogen-bond acceptors (Lipinski definition) is 2. The second kappa shape index (κ2) is 6.13. The molecule has 0 amide bonds. The van der Waals surface area contributed by atoms with Crippen LogP contribution in [-0.2, 0) is 0 Å². The van der Waals surface area contributed by atoms with Crippen molar-refractivity contribution in [2.45, 2.75) is 26.2 Å². The van der Waals surface area contributed by atoms with Gasteiger partial charge in [-0.2, -0.15) is 0 Å². The third-order valence-electron chi connectivity index (χ3n) is 4.19. The molecule has 0 spiro atoms. The number of aryl methyl sites for hydroxylation is 1. The number of nitrogens with zero attached hydrogens (tertiary/aromatic N) is 1. The predicted molar refractivity (Wildman–Crippen MR) is 87.1 cm³/mol. The van der Waals surface area contributed by atoms with Gasteiger partial charge < -0.3 is 4.90 Å². The van der Waals surface area contributed by atoms with E-state index in [1.165, 1.54) is 30.5 Å². The summed E-state index contributed by atoms with van der Waals surface area (Å²) in [4.78, 5) is 14.9. The molecule has 0 saturated carbocycles. The van der Waals surface area contributed by atoms with Crippen molar-refractivity contribution in [2.75, 3.05) is 18.0 Å². The molecule has 0 aromatic heterocycles. The number of carbonyl (C=O) groups excluding carboxylic acids is 1. The summed E-state index contributed by atoms with van der Waals surface area (Å²) >= 11 is 0. The van der Waals surface area contributed by atoms with Gasteiger partial charge in [-0.3, -0.25) is 4.79 Å². The second-order valence-electron chi connectivity index (χ2n) is 5.74. The van der Waals surface area contributed by atoms with E-state index in [-0.39, 0.29) is 5.78 Å². The Hall–Kier alpha value is -2.09. The van der Waals surface area contributed by atoms with Gasteiger partial charge in [0.25, 0.3) is 0 Å². The van der Waals surface area contributed by atoms with Crippen molar-refractivity contribution in [1.82, 2.24) is 0 Å². The van der Waals surface area contributed by atoms with Crippen LogP contribution in [0.1, 0.15) is 40.7 Å². The van der Waals surface area contributed by atoms with Crippen molar-refractivity contribution >= 4 is 11.5 Å². The van der Waals surface area contributed by atoms with Crippen LogP contribution in [0.3, 0.4) is 0 Å². The Labute approximate surface area is 126 Å². The average molecular weight is 279 g/mol. The number of piperidine rings is 1. The molecule has 21 heavy (non-hydrogen) atoms. The maximum absolute atomic E-state index is 12.5. The zero-order valence-corrected chi connectivity index (χ0v) is 12.5. The first-order valence-electron chi connectivity index (χ1n) is 7.71. The minimum absolute atomic E-state index is 0.101. The Morgan fingerprint density at radius 1 is 0.905 bits per heavy atom. The number of benzene rings is 2. The summed E-state index contributed by atoms with van der Waals surface area (Å²) in [6.45, 7) is 4.37. The fourth-order valence-electron chi connectivity index (χ4n) is 3.04. The highest BCUT2D eigenvalue weighted by atomic mass is 16.1. The topological polar surface area (TPSA) is 20.3 Å². The fourth-order valence-corrected chi connectivity index (χ4v) is 3.04. The molecule has 0 aliphatic carbocycles. The molecule has 0 atom stereocenters. The highest BCUT2D eigenvalue weighted by molar-refractivity contribution is 6.09. The lowest BCUT2D eigenvalue weighted by atomic mass is 10.00. The van der Waals surface area contributed by atoms with Crippen LogP contribution in [0.5, 0.6) is 0 Å². The maximum atomic E-state index is 12.5. The van der Waals surface area contributed by atoms with E-state index in [0.717, 1.165) is 24.2 Å². The quantitative estimate of drug-likeness (QED) is 0.784. The Bertz CT molecular complexity index is 627. The summed E-state index contributed by atoms with van der Waals surface area (Å²) in [5.41, 5.74) is 4.00. The number of hydrogen-bond donors (Lipinski definition) is 0. The van der Waals surface area contributed by atoms with Gasteiger partial charge in [-0.15, -0.1) is 0 Å². The van der Waals surface area contributed by atoms with Gasteiger partial charge in [-0.25, -0.2) is 0 Å². The van der Waals surface area contributed by atoms with Crippen LogP contribution in [0.4, 0.5) is 5.69 Å². The van der Waals surface area contributed by atoms with Gasteiger partial charge in [0, 0.05) is 29.9 Å². The number of rotatable bonds is 3. The third-order valence-corrected chi connectivity index (χ3v) is 4.19. The first-order chi connectivity index (χ1) is 10.3. The molecule has 0 N–H and O–H groups in total. The first-order valence-corrected chi connectivity index (χ1v) is 7.71. The molecule has 1 saturated heterocycles. The van der Waals surface area contributed by atoms with Gasteiger partial charge >= 0.3 is 0 Å². The molecule has 0 bridgehead atoms. The van der Waals surface area contributed by atoms with Crippen molar-refractivity contribution in [3.8, 4) is 0 Å². The van der Waals surface area contributed by atoms with E-state index < -0.39 is 0 Å². The van der Waals surface area contributed by atoms with Gasteiger partial charge in [0.15, 0.2) is 5.78 Å². The van der Waals surface area contributed by atoms with Gasteiger partial charge in [-0.05, 0) is 49.9 Å². The molecule has 2 nitrogen and oxygen atoms in total. The van der Waals surface area contributed by atoms with Gasteiger partial charge in [0.1, 0.15) is 0 Å². The Balaban J connectivity index is 1.85. The molecular formula is C19H21NO. The van der Waals surface area contributed by atoms with E-state index in [4.69, 9.17) is 0 Å². The van der Waals surface area contributed by atoms with Crippen LogP contribution in [0.15, 0.2) is 48.5 Å². The normalized spacial score (nSPS) is 15.0. The standard InChI is InChI=1S/C19H21NO/c1-15-14-17(19(21)16-8-4-2-5-9-16)10-11-18(15)20-12-6-3-7-13-20/h2,4-5,8-11,14H,3,6-7,12-13H2,1H3. The van der Waals surface area contributed by atoms with E-state index in [0.29, 0.717) is 0 Å². The summed E-state index contributed by atoms with van der Waals surface area (Å²) in [5.74, 6) is 0.101. The highest BCUT2D eigenvalue weighted by Gasteiger charge is 2.15. The lowest BCUT2D eigenvalue weighted by Gasteiger charge is -2.30. The minimum Gasteiger partial charge on any atom is -0.371 e. The van der Waals surface area contributed by atoms with Crippen LogP contribution in [0.2, 0.25) is 0 Å². The Kier molecular flexibility index (Phi) is 4.05. The third kappa shape index (κ3) is 2.99. The van der Waals surface area contributed by atoms with Crippen LogP contribution < -0.4 is 4.90 Å². The monoisotopic (exact) mass is 279 g/mol. The lowest BCUT2D eigenvalue weighted by molar-refractivity contribution is 0.103. The molecule has 0 radical (unpaired) electrons. The van der Waals surface area contributed by atoms with Gasteiger partial charge in [0.2, 0.25) is 0 Å². The van der Waals surface area contributed by atoms with Crippen molar-refractivity contribution in [3.05, 3.63) is 65.2 Å². The average Bonchev–Trinajstić information content (AvgIpc) is 2.55. The molecule has 3 rings (SSSR count). The van der Waals surface area contributed by atoms with Crippen molar-refractivity contribution in [1.29, 1.82) is 0 Å². The smallest absolute Gasteiger partial charge is 0.193 e. The molecule has 2 aromatic rings. The summed E-state index contributed by atoms with van der Waals surface area (Å²) in [5, 5.41) is 0. The van der Waals surface area contributed by atoms with Gasteiger partial charge in [0.05, 0.1) is 0 Å². The maximum Gasteiger partial charge on any atom is 0.193 e. The fraction of sp³-hybridized carbons (Fsp3) is 0.316. The molecule has 2 aromatic carbocycles. The highest BCUT2D eigenvalue weighted by Crippen LogP contribution is 2.25. The summed E-state index contributed by atoms with van der Waals surface area (Å²) < 4.78 is 0. The van der Waals surface area contributed by atoms with E-state index in [1.807, 2.05) is 42.5 Å². The number of ketones is 1. The molecule has 1 fully saturated rings. The minimum atomic E-state index is 0.101. The van der Waals surface area contributed by atoms with E-state index in [2.05, 4.69) is 17.9 Å². The molecule has 0 unspecified atom stereocenters. The van der Waals surface area contributed by atoms with Crippen LogP contribution >= 0.6 is 0 Å². The largest absolute Gasteiger partial charge is 0.371 e. The molecule has 1 heterocycles. The zero-order valence-electron chi connectivity index (χ0n) is 12.5. The molecule has 1 aliphatic rings. The predicted octanol–water partition coefficient (Wildman–Crippen LogP) is 4.22. The Morgan fingerprint density at radius 3 is 2.29 bits per heavy atom. The lowest BCUT2D eigenvalue weighted by Crippen LogP contribution is -2.30. The summed E-state index contributed by atoms with van der Waals surface area (Å²) in [6, 6.07) is 15.6. The van der Waals surface area contributed by atoms with E-state index >= 15 is 0 Å². The van der Waals surface area contributed by atoms with E-state index in [1.54, 1.807) is 0 Å². The van der Waals surface area contributed by atoms with Crippen molar-refractivity contribution < 1.29 is 4.79 Å². The molecular weight excluding hydrogens is 258 g/mol. The van der Waals surface area contributed by atoms with Crippen LogP contribution in [0.25, 0.3) is 0 Å². The molecule has 1 aliphatic heterocycles. The number of carbonyl (C=O) groups is 1. The molecule has 108 valence electrons. The first kappa shape index (κ1) is 13.9. The number of anilines is 1. The SMILES string of the molecule is Cc1cc(C(=O)c2ccccc2)ccc1N1CCCCC1. The van der Waals surface area contributed by atoms with Crippen LogP contribution in [0, 0.1) is 6.92 Å². The summed E-state index contributed by atoms with van der Waals surface area (Å²) in [7, 11) is 0. The van der Waals surface area contributed by atoms with Crippen molar-refractivity contribution in [2.24, 2.45) is 0 Å². The molecule has 2 heteroatoms.